The Balaban J connectivity index is 1.68. The maximum absolute atomic E-state index is 12.9. The largest absolute Gasteiger partial charge is 0.348 e. The molecule has 164 valence electrons. The summed E-state index contributed by atoms with van der Waals surface area (Å²) in [4.78, 5) is 12.7. The van der Waals surface area contributed by atoms with Gasteiger partial charge in [0.15, 0.2) is 9.84 Å². The summed E-state index contributed by atoms with van der Waals surface area (Å²) in [7, 11) is -5.79. The van der Waals surface area contributed by atoms with E-state index in [-0.39, 0.29) is 16.3 Å². The van der Waals surface area contributed by atoms with Crippen molar-refractivity contribution in [3.05, 3.63) is 72.3 Å². The Morgan fingerprint density at radius 3 is 2.10 bits per heavy atom. The molecule has 31 heavy (non-hydrogen) atoms. The van der Waals surface area contributed by atoms with Crippen LogP contribution in [0, 0.1) is 0 Å². The van der Waals surface area contributed by atoms with E-state index in [1.54, 1.807) is 31.2 Å². The molecule has 3 aromatic rings. The molecule has 0 fully saturated rings. The van der Waals surface area contributed by atoms with Gasteiger partial charge in [-0.1, -0.05) is 42.5 Å². The van der Waals surface area contributed by atoms with E-state index >= 15 is 0 Å². The average Bonchev–Trinajstić information content (AvgIpc) is 2.72. The van der Waals surface area contributed by atoms with E-state index in [4.69, 9.17) is 0 Å². The van der Waals surface area contributed by atoms with Gasteiger partial charge >= 0.3 is 0 Å². The van der Waals surface area contributed by atoms with Gasteiger partial charge in [-0.3, -0.25) is 4.79 Å². The number of nitrogens with zero attached hydrogens (tertiary/aromatic N) is 1. The number of likely N-dealkylation sites (N-methyl/N-ethyl adjacent to an activating group) is 1. The first-order chi connectivity index (χ1) is 14.5. The minimum atomic E-state index is -3.84. The first kappa shape index (κ1) is 22.9. The van der Waals surface area contributed by atoms with Crippen molar-refractivity contribution in [3.8, 4) is 0 Å². The van der Waals surface area contributed by atoms with Crippen LogP contribution in [-0.4, -0.2) is 46.9 Å². The lowest BCUT2D eigenvalue weighted by atomic mass is 10.1. The minimum absolute atomic E-state index is 0.117. The summed E-state index contributed by atoms with van der Waals surface area (Å²) >= 11 is 0. The van der Waals surface area contributed by atoms with Gasteiger partial charge in [0, 0.05) is 13.3 Å². The number of nitrogens with one attached hydrogen (secondary N) is 1. The van der Waals surface area contributed by atoms with Gasteiger partial charge in [0.25, 0.3) is 0 Å². The molecule has 0 spiro atoms. The van der Waals surface area contributed by atoms with Crippen LogP contribution in [0.15, 0.2) is 76.5 Å². The number of carbonyl (C=O) groups excluding carboxylic acids is 1. The van der Waals surface area contributed by atoms with Crippen molar-refractivity contribution >= 4 is 36.5 Å². The van der Waals surface area contributed by atoms with E-state index in [0.29, 0.717) is 5.56 Å². The van der Waals surface area contributed by atoms with Crippen LogP contribution >= 0.6 is 0 Å². The predicted molar refractivity (Wildman–Crippen MR) is 120 cm³/mol. The van der Waals surface area contributed by atoms with E-state index in [1.165, 1.54) is 25.2 Å². The highest BCUT2D eigenvalue weighted by Gasteiger charge is 2.24. The van der Waals surface area contributed by atoms with E-state index in [1.807, 2.05) is 24.3 Å². The van der Waals surface area contributed by atoms with Crippen LogP contribution in [0.2, 0.25) is 0 Å². The SMILES string of the molecule is C[C@H](NC(=O)CN(C)S(=O)(=O)c1ccc2ccccc2c1)c1ccc(S(C)(=O)=O)cc1. The van der Waals surface area contributed by atoms with Crippen molar-refractivity contribution in [3.63, 3.8) is 0 Å². The quantitative estimate of drug-likeness (QED) is 0.584. The first-order valence-electron chi connectivity index (χ1n) is 9.53. The highest BCUT2D eigenvalue weighted by Crippen LogP contribution is 2.21. The van der Waals surface area contributed by atoms with Crippen molar-refractivity contribution in [1.82, 2.24) is 9.62 Å². The maximum Gasteiger partial charge on any atom is 0.243 e. The molecule has 0 saturated heterocycles. The zero-order chi connectivity index (χ0) is 22.8. The summed E-state index contributed by atoms with van der Waals surface area (Å²) in [6.45, 7) is 1.39. The van der Waals surface area contributed by atoms with Gasteiger partial charge in [-0.25, -0.2) is 16.8 Å². The third-order valence-corrected chi connectivity index (χ3v) is 7.91. The van der Waals surface area contributed by atoms with Crippen LogP contribution in [0.5, 0.6) is 0 Å². The number of carbonyl (C=O) groups is 1. The molecule has 0 aliphatic heterocycles. The Morgan fingerprint density at radius 2 is 1.48 bits per heavy atom. The van der Waals surface area contributed by atoms with E-state index in [2.05, 4.69) is 5.32 Å². The predicted octanol–water partition coefficient (Wildman–Crippen LogP) is 2.74. The molecule has 0 radical (unpaired) electrons. The van der Waals surface area contributed by atoms with Crippen LogP contribution in [-0.2, 0) is 24.7 Å². The molecular formula is C22H24N2O5S2. The Kier molecular flexibility index (Phi) is 6.49. The monoisotopic (exact) mass is 460 g/mol. The van der Waals surface area contributed by atoms with Crippen LogP contribution < -0.4 is 5.32 Å². The van der Waals surface area contributed by atoms with Gasteiger partial charge in [-0.2, -0.15) is 4.31 Å². The second-order valence-electron chi connectivity index (χ2n) is 7.40. The number of hydrogen-bond donors (Lipinski definition) is 1. The molecule has 0 aliphatic rings. The smallest absolute Gasteiger partial charge is 0.243 e. The van der Waals surface area contributed by atoms with E-state index < -0.39 is 31.8 Å². The Morgan fingerprint density at radius 1 is 0.903 bits per heavy atom. The molecule has 1 N–H and O–H groups in total. The van der Waals surface area contributed by atoms with Crippen molar-refractivity contribution in [2.75, 3.05) is 19.8 Å². The molecule has 9 heteroatoms. The summed E-state index contributed by atoms with van der Waals surface area (Å²) in [5.41, 5.74) is 0.709. The zero-order valence-corrected chi connectivity index (χ0v) is 19.1. The van der Waals surface area contributed by atoms with Gasteiger partial charge in [0.2, 0.25) is 15.9 Å². The molecule has 0 aliphatic carbocycles. The maximum atomic E-state index is 12.9. The molecule has 0 unspecified atom stereocenters. The normalized spacial score (nSPS) is 13.3. The number of rotatable bonds is 7. The minimum Gasteiger partial charge on any atom is -0.348 e. The molecule has 1 amide bonds. The molecule has 0 aromatic heterocycles. The molecule has 0 saturated carbocycles. The third kappa shape index (κ3) is 5.30. The van der Waals surface area contributed by atoms with Crippen LogP contribution in [0.3, 0.4) is 0 Å². The molecular weight excluding hydrogens is 436 g/mol. The summed E-state index contributed by atoms with van der Waals surface area (Å²) < 4.78 is 49.9. The number of sulfonamides is 1. The fourth-order valence-electron chi connectivity index (χ4n) is 3.17. The van der Waals surface area contributed by atoms with Gasteiger partial charge in [-0.15, -0.1) is 0 Å². The van der Waals surface area contributed by atoms with E-state index in [0.717, 1.165) is 21.3 Å². The van der Waals surface area contributed by atoms with Crippen molar-refractivity contribution in [2.45, 2.75) is 22.8 Å². The lowest BCUT2D eigenvalue weighted by Gasteiger charge is -2.20. The lowest BCUT2D eigenvalue weighted by molar-refractivity contribution is -0.121. The topological polar surface area (TPSA) is 101 Å². The number of fused-ring (bicyclic) bond motifs is 1. The standard InChI is InChI=1S/C22H24N2O5S2/c1-16(17-8-11-20(12-9-17)30(3,26)27)23-22(25)15-24(2)31(28,29)21-13-10-18-6-4-5-7-19(18)14-21/h4-14,16H,15H2,1-3H3,(H,23,25)/t16-/m0/s1. The second-order valence-corrected chi connectivity index (χ2v) is 11.5. The summed E-state index contributed by atoms with van der Waals surface area (Å²) in [6.07, 6.45) is 1.12. The second kappa shape index (κ2) is 8.78. The third-order valence-electron chi connectivity index (χ3n) is 4.98. The molecule has 3 aromatic carbocycles. The number of sulfone groups is 1. The lowest BCUT2D eigenvalue weighted by Crippen LogP contribution is -2.39. The summed E-state index contributed by atoms with van der Waals surface area (Å²) in [5, 5.41) is 4.47. The highest BCUT2D eigenvalue weighted by molar-refractivity contribution is 7.90. The fourth-order valence-corrected chi connectivity index (χ4v) is 4.96. The fraction of sp³-hybridized carbons (Fsp3) is 0.227. The Hall–Kier alpha value is -2.75. The van der Waals surface area contributed by atoms with Gasteiger partial charge in [0.1, 0.15) is 0 Å². The number of amides is 1. The van der Waals surface area contributed by atoms with E-state index in [9.17, 15) is 21.6 Å². The van der Waals surface area contributed by atoms with Gasteiger partial charge < -0.3 is 5.32 Å². The summed E-state index contributed by atoms with van der Waals surface area (Å²) in [6, 6.07) is 18.1. The number of hydrogen-bond acceptors (Lipinski definition) is 5. The van der Waals surface area contributed by atoms with Crippen molar-refractivity contribution in [1.29, 1.82) is 0 Å². The van der Waals surface area contributed by atoms with Crippen molar-refractivity contribution in [2.24, 2.45) is 0 Å². The average molecular weight is 461 g/mol. The van der Waals surface area contributed by atoms with Gasteiger partial charge in [-0.05, 0) is 47.5 Å². The zero-order valence-electron chi connectivity index (χ0n) is 17.4. The molecule has 0 heterocycles. The Bertz CT molecular complexity index is 1320. The molecule has 0 bridgehead atoms. The summed E-state index contributed by atoms with van der Waals surface area (Å²) in [5.74, 6) is -0.466. The van der Waals surface area contributed by atoms with Crippen molar-refractivity contribution < 1.29 is 21.6 Å². The van der Waals surface area contributed by atoms with Crippen LogP contribution in [0.4, 0.5) is 0 Å². The highest BCUT2D eigenvalue weighted by atomic mass is 32.2. The van der Waals surface area contributed by atoms with Crippen LogP contribution in [0.25, 0.3) is 10.8 Å². The van der Waals surface area contributed by atoms with Crippen LogP contribution in [0.1, 0.15) is 18.5 Å². The first-order valence-corrected chi connectivity index (χ1v) is 12.9. The molecule has 3 rings (SSSR count). The molecule has 1 atom stereocenters. The van der Waals surface area contributed by atoms with Gasteiger partial charge in [0.05, 0.1) is 22.4 Å². The molecule has 7 nitrogen and oxygen atoms in total. The number of benzene rings is 3. The Labute approximate surface area is 182 Å².